The van der Waals surface area contributed by atoms with E-state index in [9.17, 15) is 9.59 Å². The van der Waals surface area contributed by atoms with Crippen LogP contribution in [0.4, 0.5) is 0 Å². The Hall–Kier alpha value is -3.17. The number of esters is 1. The summed E-state index contributed by atoms with van der Waals surface area (Å²) in [4.78, 5) is 28.9. The van der Waals surface area contributed by atoms with Crippen molar-refractivity contribution in [1.82, 2.24) is 9.80 Å². The van der Waals surface area contributed by atoms with E-state index in [2.05, 4.69) is 17.0 Å². The van der Waals surface area contributed by atoms with Crippen LogP contribution < -0.4 is 0 Å². The van der Waals surface area contributed by atoms with Crippen LogP contribution in [-0.2, 0) is 16.1 Å². The highest BCUT2D eigenvalue weighted by molar-refractivity contribution is 5.92. The summed E-state index contributed by atoms with van der Waals surface area (Å²) in [6.07, 6.45) is -0.844. The van der Waals surface area contributed by atoms with Crippen LogP contribution in [0.25, 0.3) is 0 Å². The molecule has 1 unspecified atom stereocenters. The van der Waals surface area contributed by atoms with E-state index in [1.165, 1.54) is 17.7 Å². The minimum Gasteiger partial charge on any atom is -0.449 e. The Labute approximate surface area is 164 Å². The van der Waals surface area contributed by atoms with E-state index in [1.807, 2.05) is 24.3 Å². The lowest BCUT2D eigenvalue weighted by Crippen LogP contribution is -2.51. The van der Waals surface area contributed by atoms with E-state index < -0.39 is 12.1 Å². The topological polar surface area (TPSA) is 73.6 Å². The molecule has 1 amide bonds. The molecule has 0 bridgehead atoms. The number of rotatable bonds is 5. The van der Waals surface area contributed by atoms with E-state index in [-0.39, 0.29) is 5.91 Å². The molecule has 0 radical (unpaired) electrons. The maximum atomic E-state index is 12.6. The van der Waals surface area contributed by atoms with Crippen molar-refractivity contribution in [3.63, 3.8) is 0 Å². The van der Waals surface area contributed by atoms with Crippen LogP contribution in [0, 0.1) is 11.3 Å². The van der Waals surface area contributed by atoms with E-state index in [0.717, 1.165) is 19.6 Å². The Morgan fingerprint density at radius 2 is 1.68 bits per heavy atom. The zero-order chi connectivity index (χ0) is 19.9. The molecule has 0 N–H and O–H groups in total. The summed E-state index contributed by atoms with van der Waals surface area (Å²) < 4.78 is 5.32. The predicted octanol–water partition coefficient (Wildman–Crippen LogP) is 2.45. The molecule has 1 aliphatic rings. The second-order valence-electron chi connectivity index (χ2n) is 6.82. The molecule has 1 fully saturated rings. The first-order valence-corrected chi connectivity index (χ1v) is 9.33. The molecule has 1 aliphatic heterocycles. The minimum atomic E-state index is -0.844. The third-order valence-corrected chi connectivity index (χ3v) is 4.81. The number of amides is 1. The average molecular weight is 377 g/mol. The smallest absolute Gasteiger partial charge is 0.338 e. The van der Waals surface area contributed by atoms with Crippen LogP contribution in [0.1, 0.15) is 28.4 Å². The summed E-state index contributed by atoms with van der Waals surface area (Å²) in [6, 6.07) is 18.4. The molecular formula is C22H23N3O3. The fourth-order valence-corrected chi connectivity index (χ4v) is 3.18. The van der Waals surface area contributed by atoms with Crippen LogP contribution >= 0.6 is 0 Å². The number of nitrogens with zero attached hydrogens (tertiary/aromatic N) is 3. The van der Waals surface area contributed by atoms with Gasteiger partial charge < -0.3 is 9.64 Å². The summed E-state index contributed by atoms with van der Waals surface area (Å²) in [5.74, 6) is -0.741. The molecule has 6 heteroatoms. The monoisotopic (exact) mass is 377 g/mol. The van der Waals surface area contributed by atoms with Crippen LogP contribution in [0.2, 0.25) is 0 Å². The lowest BCUT2D eigenvalue weighted by molar-refractivity contribution is -0.141. The van der Waals surface area contributed by atoms with Gasteiger partial charge in [-0.05, 0) is 36.8 Å². The van der Waals surface area contributed by atoms with Crippen molar-refractivity contribution in [3.05, 3.63) is 71.3 Å². The van der Waals surface area contributed by atoms with Gasteiger partial charge in [-0.15, -0.1) is 0 Å². The van der Waals surface area contributed by atoms with E-state index in [4.69, 9.17) is 10.00 Å². The van der Waals surface area contributed by atoms with E-state index >= 15 is 0 Å². The molecule has 0 aromatic heterocycles. The molecule has 2 aromatic rings. The molecule has 0 spiro atoms. The lowest BCUT2D eigenvalue weighted by Gasteiger charge is -2.35. The quantitative estimate of drug-likeness (QED) is 0.749. The molecule has 6 nitrogen and oxygen atoms in total. The first kappa shape index (κ1) is 19.6. The standard InChI is InChI=1S/C22H23N3O3/c1-17(28-22(27)20-9-7-18(15-23)8-10-20)21(26)25-13-11-24(12-14-25)16-19-5-3-2-4-6-19/h2-10,17H,11-14,16H2,1H3. The van der Waals surface area contributed by atoms with E-state index in [0.29, 0.717) is 24.2 Å². The van der Waals surface area contributed by atoms with Gasteiger partial charge in [0, 0.05) is 32.7 Å². The van der Waals surface area contributed by atoms with Crippen molar-refractivity contribution in [1.29, 1.82) is 5.26 Å². The van der Waals surface area contributed by atoms with Gasteiger partial charge in [0.1, 0.15) is 0 Å². The molecule has 144 valence electrons. The average Bonchev–Trinajstić information content (AvgIpc) is 2.74. The molecule has 0 saturated carbocycles. The van der Waals surface area contributed by atoms with Gasteiger partial charge in [0.05, 0.1) is 17.2 Å². The highest BCUT2D eigenvalue weighted by Crippen LogP contribution is 2.12. The number of nitriles is 1. The molecule has 1 heterocycles. The SMILES string of the molecule is CC(OC(=O)c1ccc(C#N)cc1)C(=O)N1CCN(Cc2ccccc2)CC1. The second kappa shape index (κ2) is 9.16. The highest BCUT2D eigenvalue weighted by Gasteiger charge is 2.27. The summed E-state index contributed by atoms with van der Waals surface area (Å²) >= 11 is 0. The van der Waals surface area contributed by atoms with Gasteiger partial charge >= 0.3 is 5.97 Å². The second-order valence-corrected chi connectivity index (χ2v) is 6.82. The molecule has 28 heavy (non-hydrogen) atoms. The third-order valence-electron chi connectivity index (χ3n) is 4.81. The zero-order valence-corrected chi connectivity index (χ0v) is 15.9. The van der Waals surface area contributed by atoms with Crippen molar-refractivity contribution >= 4 is 11.9 Å². The Balaban J connectivity index is 1.48. The van der Waals surface area contributed by atoms with Crippen LogP contribution in [0.15, 0.2) is 54.6 Å². The number of carbonyl (C=O) groups is 2. The molecule has 2 aromatic carbocycles. The van der Waals surface area contributed by atoms with Gasteiger partial charge in [0.15, 0.2) is 6.10 Å². The van der Waals surface area contributed by atoms with Crippen molar-refractivity contribution in [2.45, 2.75) is 19.6 Å². The normalized spacial score (nSPS) is 15.5. The number of carbonyl (C=O) groups excluding carboxylic acids is 2. The van der Waals surface area contributed by atoms with Gasteiger partial charge in [-0.25, -0.2) is 4.79 Å². The Morgan fingerprint density at radius 3 is 2.29 bits per heavy atom. The Bertz CT molecular complexity index is 851. The Morgan fingerprint density at radius 1 is 1.04 bits per heavy atom. The minimum absolute atomic E-state index is 0.179. The molecular weight excluding hydrogens is 354 g/mol. The first-order valence-electron chi connectivity index (χ1n) is 9.33. The van der Waals surface area contributed by atoms with Crippen LogP contribution in [-0.4, -0.2) is 54.0 Å². The largest absolute Gasteiger partial charge is 0.449 e. The van der Waals surface area contributed by atoms with Gasteiger partial charge in [-0.3, -0.25) is 9.69 Å². The molecule has 1 atom stereocenters. The molecule has 1 saturated heterocycles. The van der Waals surface area contributed by atoms with Crippen LogP contribution in [0.5, 0.6) is 0 Å². The van der Waals surface area contributed by atoms with Gasteiger partial charge in [-0.2, -0.15) is 5.26 Å². The fourth-order valence-electron chi connectivity index (χ4n) is 3.18. The Kier molecular flexibility index (Phi) is 6.41. The third kappa shape index (κ3) is 4.96. The maximum absolute atomic E-state index is 12.6. The zero-order valence-electron chi connectivity index (χ0n) is 15.9. The van der Waals surface area contributed by atoms with Gasteiger partial charge in [0.25, 0.3) is 5.91 Å². The van der Waals surface area contributed by atoms with Crippen LogP contribution in [0.3, 0.4) is 0 Å². The number of benzene rings is 2. The van der Waals surface area contributed by atoms with Gasteiger partial charge in [-0.1, -0.05) is 30.3 Å². The summed E-state index contributed by atoms with van der Waals surface area (Å²) in [5, 5.41) is 8.81. The number of hydrogen-bond acceptors (Lipinski definition) is 5. The molecule has 0 aliphatic carbocycles. The molecule has 3 rings (SSSR count). The maximum Gasteiger partial charge on any atom is 0.338 e. The summed E-state index contributed by atoms with van der Waals surface area (Å²) in [5.41, 5.74) is 2.05. The number of hydrogen-bond donors (Lipinski definition) is 0. The first-order chi connectivity index (χ1) is 13.6. The van der Waals surface area contributed by atoms with E-state index in [1.54, 1.807) is 24.0 Å². The van der Waals surface area contributed by atoms with Crippen molar-refractivity contribution in [2.24, 2.45) is 0 Å². The summed E-state index contributed by atoms with van der Waals surface area (Å²) in [7, 11) is 0. The lowest BCUT2D eigenvalue weighted by atomic mass is 10.1. The predicted molar refractivity (Wildman–Crippen MR) is 104 cm³/mol. The fraction of sp³-hybridized carbons (Fsp3) is 0.318. The van der Waals surface area contributed by atoms with Gasteiger partial charge in [0.2, 0.25) is 0 Å². The number of piperazine rings is 1. The van der Waals surface area contributed by atoms with Crippen molar-refractivity contribution in [2.75, 3.05) is 26.2 Å². The highest BCUT2D eigenvalue weighted by atomic mass is 16.5. The number of ether oxygens (including phenoxy) is 1. The van der Waals surface area contributed by atoms with Crippen molar-refractivity contribution < 1.29 is 14.3 Å². The summed E-state index contributed by atoms with van der Waals surface area (Å²) in [6.45, 7) is 5.27. The van der Waals surface area contributed by atoms with Crippen molar-refractivity contribution in [3.8, 4) is 6.07 Å².